The van der Waals surface area contributed by atoms with Crippen LogP contribution in [0.2, 0.25) is 5.02 Å². The Balaban J connectivity index is 1.89. The smallest absolute Gasteiger partial charge is 0.178 e. The van der Waals surface area contributed by atoms with Crippen molar-refractivity contribution in [1.82, 2.24) is 9.55 Å². The van der Waals surface area contributed by atoms with Gasteiger partial charge in [-0.25, -0.2) is 0 Å². The molecule has 4 rings (SSSR count). The second kappa shape index (κ2) is 4.47. The van der Waals surface area contributed by atoms with Gasteiger partial charge in [0, 0.05) is 6.04 Å². The third-order valence-electron chi connectivity index (χ3n) is 4.08. The van der Waals surface area contributed by atoms with Crippen LogP contribution in [-0.4, -0.2) is 9.55 Å². The molecule has 2 nitrogen and oxygen atoms in total. The average molecular weight is 301 g/mol. The number of benzene rings is 2. The molecule has 0 fully saturated rings. The Hall–Kier alpha value is -1.58. The Morgan fingerprint density at radius 1 is 1.05 bits per heavy atom. The zero-order valence-corrected chi connectivity index (χ0v) is 12.3. The van der Waals surface area contributed by atoms with Gasteiger partial charge < -0.3 is 9.55 Å². The highest BCUT2D eigenvalue weighted by atomic mass is 35.5. The van der Waals surface area contributed by atoms with Crippen molar-refractivity contribution in [3.05, 3.63) is 63.4 Å². The van der Waals surface area contributed by atoms with Gasteiger partial charge in [0.1, 0.15) is 0 Å². The van der Waals surface area contributed by atoms with Gasteiger partial charge in [0.15, 0.2) is 4.77 Å². The van der Waals surface area contributed by atoms with Crippen molar-refractivity contribution >= 4 is 34.9 Å². The summed E-state index contributed by atoms with van der Waals surface area (Å²) in [6.07, 6.45) is 2.03. The van der Waals surface area contributed by atoms with Crippen molar-refractivity contribution in [3.63, 3.8) is 0 Å². The zero-order valence-electron chi connectivity index (χ0n) is 10.8. The van der Waals surface area contributed by atoms with Gasteiger partial charge in [-0.1, -0.05) is 41.9 Å². The van der Waals surface area contributed by atoms with Crippen LogP contribution in [0.15, 0.2) is 42.5 Å². The van der Waals surface area contributed by atoms with Gasteiger partial charge in [-0.2, -0.15) is 0 Å². The number of nitrogens with zero attached hydrogens (tertiary/aromatic N) is 1. The minimum Gasteiger partial charge on any atom is -0.331 e. The fraction of sp³-hybridized carbons (Fsp3) is 0.188. The number of hydrogen-bond donors (Lipinski definition) is 1. The molecule has 4 heteroatoms. The first kappa shape index (κ1) is 12.2. The largest absolute Gasteiger partial charge is 0.331 e. The number of H-pyrrole nitrogens is 1. The molecule has 1 aliphatic rings. The third-order valence-corrected chi connectivity index (χ3v) is 4.69. The summed E-state index contributed by atoms with van der Waals surface area (Å²) >= 11 is 11.9. The van der Waals surface area contributed by atoms with Crippen LogP contribution < -0.4 is 0 Å². The Morgan fingerprint density at radius 3 is 2.45 bits per heavy atom. The minimum atomic E-state index is 0.355. The van der Waals surface area contributed by atoms with E-state index in [1.165, 1.54) is 11.1 Å². The summed E-state index contributed by atoms with van der Waals surface area (Å²) < 4.78 is 2.94. The normalized spacial score (nSPS) is 14.8. The molecular formula is C16H13ClN2S. The molecular weight excluding hydrogens is 288 g/mol. The average Bonchev–Trinajstić information content (AvgIpc) is 2.99. The lowest BCUT2D eigenvalue weighted by atomic mass is 10.1. The molecule has 0 saturated heterocycles. The van der Waals surface area contributed by atoms with E-state index in [4.69, 9.17) is 23.8 Å². The number of fused-ring (bicyclic) bond motifs is 2. The van der Waals surface area contributed by atoms with Crippen molar-refractivity contribution in [1.29, 1.82) is 0 Å². The van der Waals surface area contributed by atoms with Crippen molar-refractivity contribution in [2.75, 3.05) is 0 Å². The van der Waals surface area contributed by atoms with Crippen molar-refractivity contribution in [2.45, 2.75) is 18.9 Å². The lowest BCUT2D eigenvalue weighted by Gasteiger charge is -2.13. The lowest BCUT2D eigenvalue weighted by molar-refractivity contribution is 0.537. The summed E-state index contributed by atoms with van der Waals surface area (Å²) in [5.74, 6) is 0. The highest BCUT2D eigenvalue weighted by Crippen LogP contribution is 2.34. The van der Waals surface area contributed by atoms with E-state index < -0.39 is 0 Å². The van der Waals surface area contributed by atoms with Gasteiger partial charge in [0.25, 0.3) is 0 Å². The predicted molar refractivity (Wildman–Crippen MR) is 85.0 cm³/mol. The SMILES string of the molecule is S=c1[nH]c2cccc(Cl)c2n1C1Cc2ccccc2C1. The molecule has 20 heavy (non-hydrogen) atoms. The first-order valence-corrected chi connectivity index (χ1v) is 7.48. The lowest BCUT2D eigenvalue weighted by Crippen LogP contribution is -2.09. The van der Waals surface area contributed by atoms with Crippen LogP contribution in [0.25, 0.3) is 11.0 Å². The van der Waals surface area contributed by atoms with Crippen LogP contribution in [0, 0.1) is 4.77 Å². The van der Waals surface area contributed by atoms with E-state index in [1.807, 2.05) is 18.2 Å². The molecule has 1 aliphatic carbocycles. The number of para-hydroxylation sites is 1. The molecule has 0 bridgehead atoms. The topological polar surface area (TPSA) is 20.7 Å². The molecule has 0 unspecified atom stereocenters. The maximum atomic E-state index is 6.38. The van der Waals surface area contributed by atoms with Gasteiger partial charge in [0.2, 0.25) is 0 Å². The molecule has 1 aromatic heterocycles. The van der Waals surface area contributed by atoms with Gasteiger partial charge in [-0.05, 0) is 48.3 Å². The van der Waals surface area contributed by atoms with E-state index in [1.54, 1.807) is 0 Å². The summed E-state index contributed by atoms with van der Waals surface area (Å²) in [7, 11) is 0. The van der Waals surface area contributed by atoms with Crippen molar-refractivity contribution in [3.8, 4) is 0 Å². The van der Waals surface area contributed by atoms with Crippen LogP contribution in [0.4, 0.5) is 0 Å². The van der Waals surface area contributed by atoms with Crippen LogP contribution in [-0.2, 0) is 12.8 Å². The number of aromatic nitrogens is 2. The molecule has 0 spiro atoms. The number of nitrogens with one attached hydrogen (secondary N) is 1. The van der Waals surface area contributed by atoms with Crippen LogP contribution in [0.1, 0.15) is 17.2 Å². The van der Waals surface area contributed by atoms with Gasteiger partial charge in [-0.3, -0.25) is 0 Å². The number of hydrogen-bond acceptors (Lipinski definition) is 1. The van der Waals surface area contributed by atoms with Crippen LogP contribution in [0.5, 0.6) is 0 Å². The summed E-state index contributed by atoms with van der Waals surface area (Å²) in [4.78, 5) is 3.26. The van der Waals surface area contributed by atoms with E-state index in [2.05, 4.69) is 33.8 Å². The predicted octanol–water partition coefficient (Wildman–Crippen LogP) is 4.69. The van der Waals surface area contributed by atoms with Gasteiger partial charge in [0.05, 0.1) is 16.1 Å². The van der Waals surface area contributed by atoms with Crippen molar-refractivity contribution in [2.24, 2.45) is 0 Å². The second-order valence-electron chi connectivity index (χ2n) is 5.27. The molecule has 100 valence electrons. The maximum Gasteiger partial charge on any atom is 0.178 e. The Bertz CT molecular complexity index is 837. The summed E-state index contributed by atoms with van der Waals surface area (Å²) in [5, 5.41) is 0.755. The highest BCUT2D eigenvalue weighted by molar-refractivity contribution is 7.71. The second-order valence-corrected chi connectivity index (χ2v) is 6.06. The quantitative estimate of drug-likeness (QED) is 0.646. The fourth-order valence-electron chi connectivity index (χ4n) is 3.20. The molecule has 0 saturated carbocycles. The standard InChI is InChI=1S/C16H13ClN2S/c17-13-6-3-7-14-15(13)19(16(20)18-14)12-8-10-4-1-2-5-11(10)9-12/h1-7,12H,8-9H2,(H,18,20). The number of rotatable bonds is 1. The highest BCUT2D eigenvalue weighted by Gasteiger charge is 2.25. The molecule has 1 N–H and O–H groups in total. The Kier molecular flexibility index (Phi) is 2.72. The zero-order chi connectivity index (χ0) is 13.7. The molecule has 3 aromatic rings. The van der Waals surface area contributed by atoms with Crippen LogP contribution in [0.3, 0.4) is 0 Å². The number of halogens is 1. The van der Waals surface area contributed by atoms with Crippen molar-refractivity contribution < 1.29 is 0 Å². The summed E-state index contributed by atoms with van der Waals surface area (Å²) in [6.45, 7) is 0. The minimum absolute atomic E-state index is 0.355. The third kappa shape index (κ3) is 1.74. The first-order valence-electron chi connectivity index (χ1n) is 6.69. The Morgan fingerprint density at radius 2 is 1.75 bits per heavy atom. The molecule has 2 aromatic carbocycles. The molecule has 0 amide bonds. The first-order chi connectivity index (χ1) is 9.74. The van der Waals surface area contributed by atoms with Gasteiger partial charge >= 0.3 is 0 Å². The molecule has 0 radical (unpaired) electrons. The number of aromatic amines is 1. The van der Waals surface area contributed by atoms with E-state index in [-0.39, 0.29) is 0 Å². The molecule has 0 atom stereocenters. The van der Waals surface area contributed by atoms with E-state index in [9.17, 15) is 0 Å². The monoisotopic (exact) mass is 300 g/mol. The molecule has 0 aliphatic heterocycles. The maximum absolute atomic E-state index is 6.38. The van der Waals surface area contributed by atoms with E-state index in [0.717, 1.165) is 33.7 Å². The Labute approximate surface area is 127 Å². The number of imidazole rings is 1. The fourth-order valence-corrected chi connectivity index (χ4v) is 3.82. The van der Waals surface area contributed by atoms with Crippen LogP contribution >= 0.6 is 23.8 Å². The summed E-state index contributed by atoms with van der Waals surface area (Å²) in [6, 6.07) is 14.9. The summed E-state index contributed by atoms with van der Waals surface area (Å²) in [5.41, 5.74) is 4.87. The van der Waals surface area contributed by atoms with E-state index in [0.29, 0.717) is 6.04 Å². The van der Waals surface area contributed by atoms with Gasteiger partial charge in [-0.15, -0.1) is 0 Å². The van der Waals surface area contributed by atoms with E-state index >= 15 is 0 Å². The molecule has 1 heterocycles.